The quantitative estimate of drug-likeness (QED) is 0.423. The Balaban J connectivity index is 0.989. The second kappa shape index (κ2) is 12.6. The number of imide groups is 2. The number of benzene rings is 3. The Morgan fingerprint density at radius 3 is 1.93 bits per heavy atom. The van der Waals surface area contributed by atoms with E-state index in [2.05, 4.69) is 75.8 Å². The Labute approximate surface area is 267 Å². The van der Waals surface area contributed by atoms with Crippen molar-refractivity contribution in [3.8, 4) is 0 Å². The molecular weight excluding hydrogens is 582 g/mol. The molecule has 3 aromatic carbocycles. The monoisotopic (exact) mass is 619 g/mol. The molecule has 0 bridgehead atoms. The number of rotatable bonds is 6. The molecule has 1 unspecified atom stereocenters. The normalized spacial score (nSPS) is 21.5. The first-order chi connectivity index (χ1) is 22.4. The fraction of sp³-hybridized carbons (Fsp3) is 0.361. The summed E-state index contributed by atoms with van der Waals surface area (Å²) in [6, 6.07) is 25.5. The molecule has 3 fully saturated rings. The molecule has 0 radical (unpaired) electrons. The van der Waals surface area contributed by atoms with Gasteiger partial charge in [-0.3, -0.25) is 44.0 Å². The van der Waals surface area contributed by atoms with E-state index >= 15 is 0 Å². The predicted molar refractivity (Wildman–Crippen MR) is 170 cm³/mol. The van der Waals surface area contributed by atoms with Crippen molar-refractivity contribution in [2.24, 2.45) is 0 Å². The number of amides is 5. The third-order valence-electron chi connectivity index (χ3n) is 9.91. The van der Waals surface area contributed by atoms with Crippen LogP contribution in [-0.4, -0.2) is 100 Å². The van der Waals surface area contributed by atoms with Crippen LogP contribution in [0.15, 0.2) is 78.9 Å². The van der Waals surface area contributed by atoms with Crippen molar-refractivity contribution >= 4 is 29.5 Å². The highest BCUT2D eigenvalue weighted by Crippen LogP contribution is 2.33. The molecule has 1 N–H and O–H groups in total. The number of nitrogens with zero attached hydrogens (tertiary/aromatic N) is 4. The van der Waals surface area contributed by atoms with Crippen molar-refractivity contribution in [3.63, 3.8) is 0 Å². The lowest BCUT2D eigenvalue weighted by Gasteiger charge is -2.45. The van der Waals surface area contributed by atoms with Crippen LogP contribution >= 0.6 is 0 Å². The highest BCUT2D eigenvalue weighted by atomic mass is 16.2. The summed E-state index contributed by atoms with van der Waals surface area (Å²) in [6.07, 6.45) is 1.77. The maximum absolute atomic E-state index is 13.8. The van der Waals surface area contributed by atoms with E-state index < -0.39 is 29.7 Å². The number of nitrogens with one attached hydrogen (secondary N) is 1. The van der Waals surface area contributed by atoms with Crippen molar-refractivity contribution < 1.29 is 24.0 Å². The van der Waals surface area contributed by atoms with Crippen molar-refractivity contribution in [3.05, 3.63) is 107 Å². The molecule has 4 heterocycles. The predicted octanol–water partition coefficient (Wildman–Crippen LogP) is 3.10. The van der Waals surface area contributed by atoms with E-state index in [9.17, 15) is 24.0 Å². The van der Waals surface area contributed by atoms with Crippen LogP contribution in [0.4, 0.5) is 0 Å². The van der Waals surface area contributed by atoms with Crippen LogP contribution in [0.25, 0.3) is 0 Å². The lowest BCUT2D eigenvalue weighted by molar-refractivity contribution is -0.136. The van der Waals surface area contributed by atoms with Crippen LogP contribution < -0.4 is 5.32 Å². The summed E-state index contributed by atoms with van der Waals surface area (Å²) in [5, 5.41) is 2.21. The molecule has 0 aromatic heterocycles. The molecule has 46 heavy (non-hydrogen) atoms. The average Bonchev–Trinajstić information content (AvgIpc) is 3.35. The molecule has 0 spiro atoms. The first-order valence-electron chi connectivity index (χ1n) is 16.1. The number of carbonyl (C=O) groups excluding carboxylic acids is 5. The van der Waals surface area contributed by atoms with Crippen LogP contribution in [0.1, 0.15) is 73.9 Å². The summed E-state index contributed by atoms with van der Waals surface area (Å²) in [6.45, 7) is 4.92. The highest BCUT2D eigenvalue weighted by Gasteiger charge is 2.46. The lowest BCUT2D eigenvalue weighted by atomic mass is 9.95. The molecule has 10 nitrogen and oxygen atoms in total. The Kier molecular flexibility index (Phi) is 8.23. The molecule has 3 aromatic rings. The summed E-state index contributed by atoms with van der Waals surface area (Å²) >= 11 is 0. The van der Waals surface area contributed by atoms with E-state index in [1.165, 1.54) is 17.2 Å². The minimum atomic E-state index is -1.07. The third kappa shape index (κ3) is 5.52. The minimum absolute atomic E-state index is 0.0419. The van der Waals surface area contributed by atoms with Gasteiger partial charge in [-0.25, -0.2) is 0 Å². The van der Waals surface area contributed by atoms with Crippen molar-refractivity contribution in [2.45, 2.75) is 43.8 Å². The number of fused-ring (bicyclic) bond motifs is 1. The van der Waals surface area contributed by atoms with Crippen LogP contribution in [0.3, 0.4) is 0 Å². The molecule has 1 atom stereocenters. The van der Waals surface area contributed by atoms with Gasteiger partial charge in [0.05, 0.1) is 22.7 Å². The molecular formula is C36H37N5O5. The standard InChI is InChI=1S/C36H37N5O5/c42-30-15-14-29(33(43)37-30)41-35(45)28-13-7-12-27(31(28)36(41)46)34(44)40-18-16-26(17-19-40)38-20-22-39(23-21-38)32(24-8-3-1-4-9-24)25-10-5-2-6-11-25/h1-13,26,29,32H,14-23H2,(H,37,42,43). The van der Waals surface area contributed by atoms with Gasteiger partial charge in [-0.15, -0.1) is 0 Å². The zero-order valence-electron chi connectivity index (χ0n) is 25.6. The molecule has 10 heteroatoms. The molecule has 3 saturated heterocycles. The first kappa shape index (κ1) is 30.0. The van der Waals surface area contributed by atoms with Gasteiger partial charge in [-0.2, -0.15) is 0 Å². The van der Waals surface area contributed by atoms with E-state index in [-0.39, 0.29) is 41.5 Å². The summed E-state index contributed by atoms with van der Waals surface area (Å²) in [5.74, 6) is -2.64. The Bertz CT molecular complexity index is 1620. The fourth-order valence-corrected chi connectivity index (χ4v) is 7.54. The molecule has 4 aliphatic rings. The van der Waals surface area contributed by atoms with E-state index in [4.69, 9.17) is 0 Å². The number of piperidine rings is 2. The van der Waals surface area contributed by atoms with Crippen molar-refractivity contribution in [2.75, 3.05) is 39.3 Å². The number of likely N-dealkylation sites (tertiary alicyclic amines) is 1. The molecule has 236 valence electrons. The zero-order chi connectivity index (χ0) is 31.8. The Morgan fingerprint density at radius 2 is 1.33 bits per heavy atom. The van der Waals surface area contributed by atoms with Gasteiger partial charge in [0.15, 0.2) is 0 Å². The third-order valence-corrected chi connectivity index (χ3v) is 9.91. The van der Waals surface area contributed by atoms with Crippen LogP contribution in [0.2, 0.25) is 0 Å². The van der Waals surface area contributed by atoms with Crippen molar-refractivity contribution in [1.29, 1.82) is 0 Å². The van der Waals surface area contributed by atoms with Crippen LogP contribution in [-0.2, 0) is 9.59 Å². The average molecular weight is 620 g/mol. The summed E-state index contributed by atoms with van der Waals surface area (Å²) < 4.78 is 0. The number of hydrogen-bond acceptors (Lipinski definition) is 7. The molecule has 7 rings (SSSR count). The van der Waals surface area contributed by atoms with Gasteiger partial charge in [-0.05, 0) is 42.5 Å². The second-order valence-electron chi connectivity index (χ2n) is 12.5. The van der Waals surface area contributed by atoms with Gasteiger partial charge in [0.2, 0.25) is 11.8 Å². The maximum Gasteiger partial charge on any atom is 0.263 e. The smallest absolute Gasteiger partial charge is 0.263 e. The zero-order valence-corrected chi connectivity index (χ0v) is 25.6. The SMILES string of the molecule is O=C1CCC(N2C(=O)c3cccc(C(=O)N4CCC(N5CCN(C(c6ccccc6)c6ccccc6)CC5)CC4)c3C2=O)C(=O)N1. The summed E-state index contributed by atoms with van der Waals surface area (Å²) in [5.41, 5.74) is 2.94. The summed E-state index contributed by atoms with van der Waals surface area (Å²) in [7, 11) is 0. The molecule has 0 aliphatic carbocycles. The maximum atomic E-state index is 13.8. The largest absolute Gasteiger partial charge is 0.339 e. The van der Waals surface area contributed by atoms with E-state index in [1.54, 1.807) is 17.0 Å². The molecule has 4 aliphatic heterocycles. The lowest BCUT2D eigenvalue weighted by Crippen LogP contribution is -2.54. The number of carbonyl (C=O) groups is 5. The fourth-order valence-electron chi connectivity index (χ4n) is 7.54. The minimum Gasteiger partial charge on any atom is -0.339 e. The van der Waals surface area contributed by atoms with E-state index in [1.807, 2.05) is 0 Å². The summed E-state index contributed by atoms with van der Waals surface area (Å²) in [4.78, 5) is 72.4. The van der Waals surface area contributed by atoms with Crippen LogP contribution in [0.5, 0.6) is 0 Å². The Hall–Kier alpha value is -4.67. The highest BCUT2D eigenvalue weighted by molar-refractivity contribution is 6.26. The topological polar surface area (TPSA) is 110 Å². The van der Waals surface area contributed by atoms with Gasteiger partial charge < -0.3 is 4.90 Å². The van der Waals surface area contributed by atoms with Crippen LogP contribution in [0, 0.1) is 0 Å². The van der Waals surface area contributed by atoms with Gasteiger partial charge in [0, 0.05) is 51.7 Å². The Morgan fingerprint density at radius 1 is 0.696 bits per heavy atom. The number of piperazine rings is 1. The molecule has 5 amide bonds. The first-order valence-corrected chi connectivity index (χ1v) is 16.1. The second-order valence-corrected chi connectivity index (χ2v) is 12.5. The number of hydrogen-bond donors (Lipinski definition) is 1. The van der Waals surface area contributed by atoms with Crippen molar-refractivity contribution in [1.82, 2.24) is 24.9 Å². The molecule has 0 saturated carbocycles. The van der Waals surface area contributed by atoms with E-state index in [0.717, 1.165) is 43.9 Å². The van der Waals surface area contributed by atoms with Gasteiger partial charge in [0.1, 0.15) is 6.04 Å². The van der Waals surface area contributed by atoms with Gasteiger partial charge in [0.25, 0.3) is 17.7 Å². The van der Waals surface area contributed by atoms with E-state index in [0.29, 0.717) is 19.1 Å². The van der Waals surface area contributed by atoms with Gasteiger partial charge in [-0.1, -0.05) is 66.7 Å². The van der Waals surface area contributed by atoms with Gasteiger partial charge >= 0.3 is 0 Å².